The van der Waals surface area contributed by atoms with Gasteiger partial charge in [-0.3, -0.25) is 29.2 Å². The molecule has 28 heteroatoms. The molecule has 7 atom stereocenters. The zero-order chi connectivity index (χ0) is 77.4. The number of hydrogen-bond donors (Lipinski definition) is 3. The maximum absolute atomic E-state index is 14.1. The number of aromatic carboxylic acids is 1. The van der Waals surface area contributed by atoms with Crippen molar-refractivity contribution in [2.24, 2.45) is 16.2 Å². The van der Waals surface area contributed by atoms with E-state index in [1.807, 2.05) is 101 Å². The smallest absolute Gasteiger partial charge is 0.409 e. The Morgan fingerprint density at radius 2 is 1.44 bits per heavy atom. The number of rotatable bonds is 26. The number of benzene rings is 5. The fourth-order valence-electron chi connectivity index (χ4n) is 18.4. The second-order valence-electron chi connectivity index (χ2n) is 30.4. The number of likely N-dealkylation sites (N-methyl/N-ethyl adjacent to an activating group) is 1. The summed E-state index contributed by atoms with van der Waals surface area (Å²) in [4.78, 5) is 118. The summed E-state index contributed by atoms with van der Waals surface area (Å²) in [6, 6.07) is 37.7. The van der Waals surface area contributed by atoms with Crippen molar-refractivity contribution in [3.63, 3.8) is 0 Å². The number of amides is 3. The van der Waals surface area contributed by atoms with Gasteiger partial charge in [0, 0.05) is 100 Å². The van der Waals surface area contributed by atoms with E-state index < -0.39 is 78.3 Å². The lowest BCUT2D eigenvalue weighted by molar-refractivity contribution is -0.282. The Labute approximate surface area is 639 Å². The molecule has 1 saturated heterocycles. The fourth-order valence-corrected chi connectivity index (χ4v) is 19.3. The highest BCUT2D eigenvalue weighted by atomic mass is 32.1. The Hall–Kier alpha value is -11.0. The molecule has 110 heavy (non-hydrogen) atoms. The SMILES string of the molecule is COC(=O)[C@H]1O[C@@H](Oc2ccc(COC(=O)N(C)CCOC34CC5(C)CC(C)(CC(Cn6ncc(-c7ccc(N8CCc9cccc(C(=O)Nc%10nc%11ccccc%11s%10)c9C8)nc7C(=O)O)c6C)(C5)C3)C4)c(OCCCNC(=O)OCC3c4ccccc4-c4ccccc43)c2)[C@H](OC(C)=O)[C@@H](OC(C)=O)[C@@H]1OC(C)=O. The van der Waals surface area contributed by atoms with E-state index in [0.29, 0.717) is 59.3 Å². The number of esters is 4. The van der Waals surface area contributed by atoms with Gasteiger partial charge in [-0.05, 0) is 150 Å². The molecule has 0 spiro atoms. The number of pyridine rings is 1. The van der Waals surface area contributed by atoms with E-state index in [1.165, 1.54) is 28.4 Å². The first-order valence-corrected chi connectivity index (χ1v) is 37.7. The number of nitrogens with one attached hydrogen (secondary N) is 2. The van der Waals surface area contributed by atoms with Crippen molar-refractivity contribution in [2.45, 2.75) is 155 Å². The number of fused-ring (bicyclic) bond motifs is 5. The highest BCUT2D eigenvalue weighted by Crippen LogP contribution is 2.72. The molecule has 5 aromatic carbocycles. The van der Waals surface area contributed by atoms with Crippen molar-refractivity contribution in [1.82, 2.24) is 30.0 Å². The lowest BCUT2D eigenvalue weighted by Gasteiger charge is -2.69. The standard InChI is InChI=1S/C82H88N8O19S/c1-47-60(58-27-28-66(86-67(58)73(95)96)89-31-29-51-17-15-22-59(61(51)37-89)72(94)87-76-85-63-23-13-14-24-65(63)110-76)36-84-90(47)46-81-41-79(5)40-80(6,42-81)44-82(43-79,45-81)104-34-32-88(7)78(99)103-38-52-25-26-53(108-75-71(107-50(4)93)69(106-49(3)92)68(105-48(2)91)70(109-75)74(97)100-8)35-64(52)101-33-16-30-83-77(98)102-39-62-56-20-11-9-18-54(56)55-19-10-12-21-57(55)62/h9-15,17-28,35-36,62,68-71,75H,16,29-34,37-46H2,1-8H3,(H,83,98)(H,95,96)(H,85,87,94)/t68-,69-,70-,71+,75+,79?,80?,81?,82?/m0/s1. The molecule has 15 rings (SSSR count). The maximum atomic E-state index is 14.1. The zero-order valence-corrected chi connectivity index (χ0v) is 63.3. The first kappa shape index (κ1) is 75.8. The summed E-state index contributed by atoms with van der Waals surface area (Å²) in [6.07, 6.45) is -1.52. The van der Waals surface area contributed by atoms with Crippen LogP contribution in [0.2, 0.25) is 0 Å². The quantitative estimate of drug-likeness (QED) is 0.0258. The van der Waals surface area contributed by atoms with Crippen LogP contribution in [0.4, 0.5) is 20.5 Å². The van der Waals surface area contributed by atoms with Gasteiger partial charge in [0.05, 0.1) is 42.3 Å². The van der Waals surface area contributed by atoms with E-state index in [0.717, 1.165) is 116 Å². The molecule has 7 aliphatic rings. The summed E-state index contributed by atoms with van der Waals surface area (Å²) in [5.41, 5.74) is 8.95. The van der Waals surface area contributed by atoms with Crippen LogP contribution in [0.3, 0.4) is 0 Å². The molecule has 576 valence electrons. The number of carboxylic acids is 1. The number of thiazole rings is 1. The summed E-state index contributed by atoms with van der Waals surface area (Å²) in [5.74, 6) is -4.52. The molecule has 5 fully saturated rings. The third kappa shape index (κ3) is 16.1. The van der Waals surface area contributed by atoms with E-state index in [9.17, 15) is 43.5 Å². The Kier molecular flexibility index (Phi) is 21.5. The van der Waals surface area contributed by atoms with Crippen molar-refractivity contribution < 1.29 is 90.8 Å². The van der Waals surface area contributed by atoms with Crippen molar-refractivity contribution in [1.29, 1.82) is 0 Å². The number of carbonyl (C=O) groups excluding carboxylic acids is 7. The molecular formula is C82H88N8O19S. The van der Waals surface area contributed by atoms with Gasteiger partial charge in [0.25, 0.3) is 5.91 Å². The Morgan fingerprint density at radius 1 is 0.736 bits per heavy atom. The van der Waals surface area contributed by atoms with Crippen LogP contribution in [-0.4, -0.2) is 168 Å². The lowest BCUT2D eigenvalue weighted by atomic mass is 9.39. The maximum Gasteiger partial charge on any atom is 0.409 e. The fraction of sp³-hybridized carbons (Fsp3) is 0.427. The van der Waals surface area contributed by atoms with Gasteiger partial charge in [-0.1, -0.05) is 98.0 Å². The van der Waals surface area contributed by atoms with Crippen LogP contribution in [0.1, 0.15) is 140 Å². The van der Waals surface area contributed by atoms with Crippen LogP contribution in [-0.2, 0) is 83.2 Å². The van der Waals surface area contributed by atoms with Crippen LogP contribution in [0, 0.1) is 23.2 Å². The van der Waals surface area contributed by atoms with E-state index in [-0.39, 0.29) is 91.2 Å². The first-order valence-electron chi connectivity index (χ1n) is 36.8. The minimum atomic E-state index is -1.73. The molecule has 27 nitrogen and oxygen atoms in total. The number of hydrogen-bond acceptors (Lipinski definition) is 23. The van der Waals surface area contributed by atoms with Gasteiger partial charge >= 0.3 is 42.0 Å². The van der Waals surface area contributed by atoms with E-state index in [4.69, 9.17) is 57.5 Å². The van der Waals surface area contributed by atoms with E-state index in [1.54, 1.807) is 25.4 Å². The minimum Gasteiger partial charge on any atom is -0.493 e. The summed E-state index contributed by atoms with van der Waals surface area (Å²) in [6.45, 7) is 11.8. The summed E-state index contributed by atoms with van der Waals surface area (Å²) in [7, 11) is 2.70. The average molecular weight is 1520 g/mol. The summed E-state index contributed by atoms with van der Waals surface area (Å²) < 4.78 is 62.0. The number of anilines is 2. The number of ether oxygens (including phenoxy) is 10. The number of carbonyl (C=O) groups is 8. The van der Waals surface area contributed by atoms with Crippen LogP contribution in [0.25, 0.3) is 32.5 Å². The van der Waals surface area contributed by atoms with Crippen LogP contribution in [0.5, 0.6) is 11.5 Å². The molecule has 5 heterocycles. The highest BCUT2D eigenvalue weighted by molar-refractivity contribution is 7.22. The van der Waals surface area contributed by atoms with Crippen LogP contribution >= 0.6 is 11.3 Å². The lowest BCUT2D eigenvalue weighted by Crippen LogP contribution is -2.64. The predicted octanol–water partition coefficient (Wildman–Crippen LogP) is 12.2. The molecule has 3 aromatic heterocycles. The molecule has 3 N–H and O–H groups in total. The molecule has 8 aromatic rings. The third-order valence-electron chi connectivity index (χ3n) is 21.8. The van der Waals surface area contributed by atoms with E-state index >= 15 is 0 Å². The molecule has 3 amide bonds. The number of alkyl carbamates (subject to hydrolysis) is 1. The average Bonchev–Trinajstić information content (AvgIpc) is 0.743. The Balaban J connectivity index is 0.627. The molecular weight excluding hydrogens is 1430 g/mol. The highest BCUT2D eigenvalue weighted by Gasteiger charge is 2.66. The van der Waals surface area contributed by atoms with Crippen molar-refractivity contribution >= 4 is 80.4 Å². The third-order valence-corrected chi connectivity index (χ3v) is 22.7. The first-order chi connectivity index (χ1) is 52.8. The molecule has 0 radical (unpaired) electrons. The number of methoxy groups -OCH3 is 1. The second-order valence-corrected chi connectivity index (χ2v) is 31.5. The van der Waals surface area contributed by atoms with Gasteiger partial charge in [0.15, 0.2) is 29.1 Å². The Morgan fingerprint density at radius 3 is 2.15 bits per heavy atom. The van der Waals surface area contributed by atoms with Crippen molar-refractivity contribution in [3.8, 4) is 33.8 Å². The normalized spacial score (nSPS) is 23.4. The molecule has 4 bridgehead atoms. The van der Waals surface area contributed by atoms with E-state index in [2.05, 4.69) is 41.6 Å². The number of carboxylic acid groups (broad SMARTS) is 1. The Bertz CT molecular complexity index is 4810. The molecule has 5 aliphatic carbocycles. The number of nitrogens with zero attached hydrogens (tertiary/aromatic N) is 6. The topological polar surface area (TPSA) is 323 Å². The van der Waals surface area contributed by atoms with Crippen molar-refractivity contribution in [2.75, 3.05) is 63.8 Å². The number of para-hydroxylation sites is 1. The van der Waals surface area contributed by atoms with Gasteiger partial charge in [-0.25, -0.2) is 29.1 Å². The van der Waals surface area contributed by atoms with Gasteiger partial charge in [0.1, 0.15) is 30.5 Å². The molecule has 4 saturated carbocycles. The second kappa shape index (κ2) is 31.2. The van der Waals surface area contributed by atoms with Crippen LogP contribution < -0.4 is 25.0 Å². The van der Waals surface area contributed by atoms with Gasteiger partial charge in [0.2, 0.25) is 12.4 Å². The van der Waals surface area contributed by atoms with Crippen molar-refractivity contribution in [3.05, 3.63) is 172 Å². The van der Waals surface area contributed by atoms with Crippen LogP contribution in [0.15, 0.2) is 128 Å². The summed E-state index contributed by atoms with van der Waals surface area (Å²) in [5, 5.41) is 22.1. The molecule has 2 unspecified atom stereocenters. The number of aromatic nitrogens is 4. The van der Waals surface area contributed by atoms with Gasteiger partial charge in [-0.15, -0.1) is 0 Å². The van der Waals surface area contributed by atoms with Gasteiger partial charge in [-0.2, -0.15) is 5.10 Å². The largest absolute Gasteiger partial charge is 0.493 e. The minimum absolute atomic E-state index is 0.0188. The summed E-state index contributed by atoms with van der Waals surface area (Å²) >= 11 is 1.41. The molecule has 2 aliphatic heterocycles. The zero-order valence-electron chi connectivity index (χ0n) is 62.5. The predicted molar refractivity (Wildman–Crippen MR) is 401 cm³/mol. The van der Waals surface area contributed by atoms with Gasteiger partial charge < -0.3 is 67.6 Å². The monoisotopic (exact) mass is 1520 g/mol.